The molecule has 0 aliphatic carbocycles. The maximum absolute atomic E-state index is 12.6. The van der Waals surface area contributed by atoms with Crippen LogP contribution in [-0.2, 0) is 11.4 Å². The highest BCUT2D eigenvalue weighted by molar-refractivity contribution is 6.09. The average Bonchev–Trinajstić information content (AvgIpc) is 2.87. The van der Waals surface area contributed by atoms with Gasteiger partial charge in [-0.1, -0.05) is 30.3 Å². The van der Waals surface area contributed by atoms with Crippen LogP contribution in [0.25, 0.3) is 6.08 Å². The number of benzene rings is 3. The quantitative estimate of drug-likeness (QED) is 0.357. The normalized spacial score (nSPS) is 10.5. The smallest absolute Gasteiger partial charge is 0.266 e. The minimum atomic E-state index is -0.540. The second-order valence-electron chi connectivity index (χ2n) is 7.05. The molecule has 0 saturated heterocycles. The number of nitrogens with one attached hydrogen (secondary N) is 1. The van der Waals surface area contributed by atoms with Crippen molar-refractivity contribution in [3.8, 4) is 29.4 Å². The summed E-state index contributed by atoms with van der Waals surface area (Å²) in [6.45, 7) is 2.45. The van der Waals surface area contributed by atoms with Crippen LogP contribution < -0.4 is 19.5 Å². The minimum Gasteiger partial charge on any atom is -0.497 e. The first-order valence-electron chi connectivity index (χ1n) is 10.5. The molecule has 3 aromatic carbocycles. The number of nitrogens with zero attached hydrogens (tertiary/aromatic N) is 2. The van der Waals surface area contributed by atoms with Crippen LogP contribution in [-0.4, -0.2) is 19.6 Å². The molecule has 0 fully saturated rings. The van der Waals surface area contributed by atoms with Crippen LogP contribution >= 0.6 is 0 Å². The van der Waals surface area contributed by atoms with Gasteiger partial charge in [0.2, 0.25) is 0 Å². The highest BCUT2D eigenvalue weighted by Gasteiger charge is 2.12. The zero-order valence-corrected chi connectivity index (χ0v) is 18.9. The summed E-state index contributed by atoms with van der Waals surface area (Å²) in [7, 11) is 1.53. The number of amides is 1. The van der Waals surface area contributed by atoms with E-state index in [1.165, 1.54) is 13.2 Å². The molecular formula is C27H23N3O4. The van der Waals surface area contributed by atoms with Crippen molar-refractivity contribution < 1.29 is 19.0 Å². The third kappa shape index (κ3) is 6.15. The lowest BCUT2D eigenvalue weighted by Crippen LogP contribution is -2.13. The Hall–Kier alpha value is -4.75. The fraction of sp³-hybridized carbons (Fsp3) is 0.148. The summed E-state index contributed by atoms with van der Waals surface area (Å²) in [6, 6.07) is 23.3. The van der Waals surface area contributed by atoms with Crippen LogP contribution in [0.3, 0.4) is 0 Å². The van der Waals surface area contributed by atoms with Gasteiger partial charge in [-0.25, -0.2) is 0 Å². The van der Waals surface area contributed by atoms with E-state index in [4.69, 9.17) is 14.2 Å². The van der Waals surface area contributed by atoms with Crippen molar-refractivity contribution in [3.63, 3.8) is 0 Å². The molecule has 0 aliphatic rings. The Morgan fingerprint density at radius 1 is 1.00 bits per heavy atom. The number of nitriles is 2. The monoisotopic (exact) mass is 453 g/mol. The van der Waals surface area contributed by atoms with Crippen LogP contribution in [0.4, 0.5) is 5.69 Å². The number of rotatable bonds is 9. The summed E-state index contributed by atoms with van der Waals surface area (Å²) < 4.78 is 16.8. The third-order valence-electron chi connectivity index (χ3n) is 4.79. The Bertz CT molecular complexity index is 1290. The van der Waals surface area contributed by atoms with Crippen molar-refractivity contribution in [1.29, 1.82) is 10.5 Å². The van der Waals surface area contributed by atoms with E-state index in [1.54, 1.807) is 54.6 Å². The van der Waals surface area contributed by atoms with Crippen LogP contribution in [0.5, 0.6) is 17.2 Å². The van der Waals surface area contributed by atoms with Crippen molar-refractivity contribution in [2.24, 2.45) is 0 Å². The van der Waals surface area contributed by atoms with Crippen molar-refractivity contribution in [2.75, 3.05) is 19.0 Å². The fourth-order valence-corrected chi connectivity index (χ4v) is 3.13. The van der Waals surface area contributed by atoms with Gasteiger partial charge in [-0.15, -0.1) is 0 Å². The predicted molar refractivity (Wildman–Crippen MR) is 128 cm³/mol. The Morgan fingerprint density at radius 3 is 2.56 bits per heavy atom. The molecule has 7 nitrogen and oxygen atoms in total. The van der Waals surface area contributed by atoms with Gasteiger partial charge in [0, 0.05) is 17.3 Å². The second kappa shape index (κ2) is 11.8. The molecule has 0 aromatic heterocycles. The van der Waals surface area contributed by atoms with Crippen LogP contribution in [0, 0.1) is 22.7 Å². The van der Waals surface area contributed by atoms with E-state index in [-0.39, 0.29) is 12.2 Å². The Morgan fingerprint density at radius 2 is 1.82 bits per heavy atom. The van der Waals surface area contributed by atoms with E-state index in [0.717, 1.165) is 5.56 Å². The Labute approximate surface area is 198 Å². The summed E-state index contributed by atoms with van der Waals surface area (Å²) in [4.78, 5) is 12.6. The fourth-order valence-electron chi connectivity index (χ4n) is 3.13. The molecule has 0 heterocycles. The molecule has 0 spiro atoms. The van der Waals surface area contributed by atoms with E-state index in [1.807, 2.05) is 25.1 Å². The number of carbonyl (C=O) groups is 1. The van der Waals surface area contributed by atoms with Gasteiger partial charge in [-0.2, -0.15) is 10.5 Å². The van der Waals surface area contributed by atoms with Gasteiger partial charge in [-0.3, -0.25) is 4.79 Å². The maximum atomic E-state index is 12.6. The van der Waals surface area contributed by atoms with Gasteiger partial charge in [0.05, 0.1) is 25.3 Å². The topological polar surface area (TPSA) is 104 Å². The van der Waals surface area contributed by atoms with E-state index in [0.29, 0.717) is 40.7 Å². The first kappa shape index (κ1) is 23.9. The Kier molecular flexibility index (Phi) is 8.26. The molecule has 1 amide bonds. The van der Waals surface area contributed by atoms with Crippen molar-refractivity contribution in [3.05, 3.63) is 89.0 Å². The summed E-state index contributed by atoms with van der Waals surface area (Å²) >= 11 is 0. The number of methoxy groups -OCH3 is 1. The number of carbonyl (C=O) groups excluding carboxylic acids is 1. The summed E-state index contributed by atoms with van der Waals surface area (Å²) in [5.41, 5.74) is 2.35. The lowest BCUT2D eigenvalue weighted by molar-refractivity contribution is -0.112. The molecule has 170 valence electrons. The van der Waals surface area contributed by atoms with E-state index >= 15 is 0 Å². The summed E-state index contributed by atoms with van der Waals surface area (Å²) in [5.74, 6) is 1.01. The predicted octanol–water partition coefficient (Wildman–Crippen LogP) is 5.09. The van der Waals surface area contributed by atoms with Gasteiger partial charge in [-0.05, 0) is 48.9 Å². The van der Waals surface area contributed by atoms with Gasteiger partial charge in [0.1, 0.15) is 24.0 Å². The molecule has 0 unspecified atom stereocenters. The first-order valence-corrected chi connectivity index (χ1v) is 10.5. The zero-order chi connectivity index (χ0) is 24.3. The number of hydrogen-bond donors (Lipinski definition) is 1. The molecule has 34 heavy (non-hydrogen) atoms. The standard InChI is InChI=1S/C27H23N3O4/c1-3-33-26-14-19(11-12-25(26)34-18-21-8-5-4-7-20(21)16-28)13-22(17-29)27(31)30-23-9-6-10-24(15-23)32-2/h4-15H,3,18H2,1-2H3,(H,30,31)/b22-13-. The maximum Gasteiger partial charge on any atom is 0.266 e. The van der Waals surface area contributed by atoms with E-state index in [9.17, 15) is 15.3 Å². The highest BCUT2D eigenvalue weighted by atomic mass is 16.5. The average molecular weight is 453 g/mol. The minimum absolute atomic E-state index is 0.0677. The Balaban J connectivity index is 1.80. The summed E-state index contributed by atoms with van der Waals surface area (Å²) in [5, 5.41) is 21.5. The number of ether oxygens (including phenoxy) is 3. The molecule has 7 heteroatoms. The zero-order valence-electron chi connectivity index (χ0n) is 18.9. The summed E-state index contributed by atoms with van der Waals surface area (Å²) in [6.07, 6.45) is 1.48. The molecule has 1 N–H and O–H groups in total. The van der Waals surface area contributed by atoms with Gasteiger partial charge in [0.25, 0.3) is 5.91 Å². The lowest BCUT2D eigenvalue weighted by atomic mass is 10.1. The lowest BCUT2D eigenvalue weighted by Gasteiger charge is -2.13. The first-order chi connectivity index (χ1) is 16.6. The SMILES string of the molecule is CCOc1cc(/C=C(/C#N)C(=O)Nc2cccc(OC)c2)ccc1OCc1ccccc1C#N. The third-order valence-corrected chi connectivity index (χ3v) is 4.79. The molecule has 3 rings (SSSR count). The van der Waals surface area contributed by atoms with Gasteiger partial charge < -0.3 is 19.5 Å². The molecule has 0 bridgehead atoms. The van der Waals surface area contributed by atoms with E-state index in [2.05, 4.69) is 11.4 Å². The van der Waals surface area contributed by atoms with Crippen molar-refractivity contribution in [2.45, 2.75) is 13.5 Å². The number of hydrogen-bond acceptors (Lipinski definition) is 6. The van der Waals surface area contributed by atoms with Crippen LogP contribution in [0.1, 0.15) is 23.6 Å². The molecule has 0 atom stereocenters. The largest absolute Gasteiger partial charge is 0.497 e. The van der Waals surface area contributed by atoms with Crippen LogP contribution in [0.2, 0.25) is 0 Å². The van der Waals surface area contributed by atoms with Crippen LogP contribution in [0.15, 0.2) is 72.3 Å². The molecule has 0 aliphatic heterocycles. The molecule has 3 aromatic rings. The molecule has 0 radical (unpaired) electrons. The van der Waals surface area contributed by atoms with Gasteiger partial charge >= 0.3 is 0 Å². The second-order valence-corrected chi connectivity index (χ2v) is 7.05. The van der Waals surface area contributed by atoms with Gasteiger partial charge in [0.15, 0.2) is 11.5 Å². The molecular weight excluding hydrogens is 430 g/mol. The van der Waals surface area contributed by atoms with Crippen molar-refractivity contribution in [1.82, 2.24) is 0 Å². The van der Waals surface area contributed by atoms with E-state index < -0.39 is 5.91 Å². The van der Waals surface area contributed by atoms with Crippen molar-refractivity contribution >= 4 is 17.7 Å². The number of anilines is 1. The molecule has 0 saturated carbocycles. The highest BCUT2D eigenvalue weighted by Crippen LogP contribution is 2.30.